The fourth-order valence-corrected chi connectivity index (χ4v) is 2.22. The summed E-state index contributed by atoms with van der Waals surface area (Å²) in [5.74, 6) is 0.946. The molecular formula is C17H29NO2. The molecule has 0 saturated heterocycles. The van der Waals surface area contributed by atoms with Crippen LogP contribution < -0.4 is 10.1 Å². The second kappa shape index (κ2) is 7.65. The van der Waals surface area contributed by atoms with Gasteiger partial charge in [-0.15, -0.1) is 0 Å². The van der Waals surface area contributed by atoms with E-state index in [2.05, 4.69) is 46.0 Å². The summed E-state index contributed by atoms with van der Waals surface area (Å²) in [7, 11) is 0. The molecule has 3 nitrogen and oxygen atoms in total. The molecule has 0 heterocycles. The molecule has 0 radical (unpaired) electrons. The number of aliphatic hydroxyl groups excluding tert-OH is 1. The van der Waals surface area contributed by atoms with E-state index in [1.54, 1.807) is 0 Å². The third kappa shape index (κ3) is 5.51. The molecule has 1 aromatic carbocycles. The van der Waals surface area contributed by atoms with Crippen molar-refractivity contribution in [3.05, 3.63) is 29.8 Å². The fraction of sp³-hybridized carbons (Fsp3) is 0.647. The van der Waals surface area contributed by atoms with Gasteiger partial charge in [0, 0.05) is 12.1 Å². The molecule has 20 heavy (non-hydrogen) atoms. The number of rotatable bonds is 7. The van der Waals surface area contributed by atoms with Gasteiger partial charge in [0.15, 0.2) is 0 Å². The SMILES string of the molecule is CC(C)NC(CO)CCOc1ccccc1C(C)(C)C. The van der Waals surface area contributed by atoms with Crippen molar-refractivity contribution >= 4 is 0 Å². The van der Waals surface area contributed by atoms with E-state index < -0.39 is 0 Å². The Balaban J connectivity index is 2.58. The van der Waals surface area contributed by atoms with Gasteiger partial charge in [0.1, 0.15) is 5.75 Å². The molecule has 0 aromatic heterocycles. The first-order valence-corrected chi connectivity index (χ1v) is 7.43. The van der Waals surface area contributed by atoms with Crippen LogP contribution in [0.25, 0.3) is 0 Å². The Morgan fingerprint density at radius 3 is 2.40 bits per heavy atom. The summed E-state index contributed by atoms with van der Waals surface area (Å²) in [4.78, 5) is 0. The van der Waals surface area contributed by atoms with Crippen molar-refractivity contribution in [2.45, 2.75) is 58.5 Å². The number of benzene rings is 1. The highest BCUT2D eigenvalue weighted by Crippen LogP contribution is 2.30. The molecule has 0 bridgehead atoms. The van der Waals surface area contributed by atoms with Crippen molar-refractivity contribution in [2.75, 3.05) is 13.2 Å². The van der Waals surface area contributed by atoms with Gasteiger partial charge < -0.3 is 15.2 Å². The monoisotopic (exact) mass is 279 g/mol. The number of hydrogen-bond donors (Lipinski definition) is 2. The Morgan fingerprint density at radius 2 is 1.85 bits per heavy atom. The Bertz CT molecular complexity index is 396. The lowest BCUT2D eigenvalue weighted by molar-refractivity contribution is 0.201. The topological polar surface area (TPSA) is 41.5 Å². The largest absolute Gasteiger partial charge is 0.493 e. The first-order valence-electron chi connectivity index (χ1n) is 7.43. The number of aliphatic hydroxyl groups is 1. The van der Waals surface area contributed by atoms with Gasteiger partial charge in [0.25, 0.3) is 0 Å². The maximum absolute atomic E-state index is 9.34. The van der Waals surface area contributed by atoms with Crippen LogP contribution in [0, 0.1) is 0 Å². The van der Waals surface area contributed by atoms with Gasteiger partial charge in [-0.25, -0.2) is 0 Å². The van der Waals surface area contributed by atoms with Gasteiger partial charge in [-0.2, -0.15) is 0 Å². The molecule has 0 aliphatic carbocycles. The average molecular weight is 279 g/mol. The molecule has 1 aromatic rings. The van der Waals surface area contributed by atoms with Gasteiger partial charge >= 0.3 is 0 Å². The van der Waals surface area contributed by atoms with E-state index in [1.165, 1.54) is 5.56 Å². The first-order chi connectivity index (χ1) is 9.34. The summed E-state index contributed by atoms with van der Waals surface area (Å²) in [5, 5.41) is 12.7. The Labute approximate surface area is 123 Å². The molecule has 1 atom stereocenters. The molecule has 1 unspecified atom stereocenters. The summed E-state index contributed by atoms with van der Waals surface area (Å²) < 4.78 is 5.93. The molecular weight excluding hydrogens is 250 g/mol. The normalized spacial score (nSPS) is 13.6. The molecule has 0 amide bonds. The standard InChI is InChI=1S/C17H29NO2/c1-13(2)18-14(12-19)10-11-20-16-9-7-6-8-15(16)17(3,4)5/h6-9,13-14,18-19H,10-12H2,1-5H3. The number of para-hydroxylation sites is 1. The molecule has 114 valence electrons. The lowest BCUT2D eigenvalue weighted by Crippen LogP contribution is -2.38. The van der Waals surface area contributed by atoms with Crippen LogP contribution in [-0.4, -0.2) is 30.4 Å². The van der Waals surface area contributed by atoms with Gasteiger partial charge in [0.2, 0.25) is 0 Å². The van der Waals surface area contributed by atoms with Crippen molar-refractivity contribution in [3.63, 3.8) is 0 Å². The summed E-state index contributed by atoms with van der Waals surface area (Å²) >= 11 is 0. The predicted octanol–water partition coefficient (Wildman–Crippen LogP) is 3.11. The van der Waals surface area contributed by atoms with Gasteiger partial charge in [-0.05, 0) is 23.5 Å². The highest BCUT2D eigenvalue weighted by Gasteiger charge is 2.18. The number of hydrogen-bond acceptors (Lipinski definition) is 3. The van der Waals surface area contributed by atoms with Crippen LogP contribution in [0.15, 0.2) is 24.3 Å². The molecule has 0 spiro atoms. The van der Waals surface area contributed by atoms with Crippen LogP contribution in [0.4, 0.5) is 0 Å². The van der Waals surface area contributed by atoms with Crippen LogP contribution >= 0.6 is 0 Å². The average Bonchev–Trinajstić information content (AvgIpc) is 2.36. The summed E-state index contributed by atoms with van der Waals surface area (Å²) in [6.45, 7) is 11.5. The Morgan fingerprint density at radius 1 is 1.20 bits per heavy atom. The van der Waals surface area contributed by atoms with Gasteiger partial charge in [-0.3, -0.25) is 0 Å². The van der Waals surface area contributed by atoms with Crippen molar-refractivity contribution in [1.82, 2.24) is 5.32 Å². The molecule has 0 saturated carbocycles. The lowest BCUT2D eigenvalue weighted by Gasteiger charge is -2.24. The molecule has 0 aliphatic heterocycles. The highest BCUT2D eigenvalue weighted by atomic mass is 16.5. The summed E-state index contributed by atoms with van der Waals surface area (Å²) in [6.07, 6.45) is 0.799. The predicted molar refractivity (Wildman–Crippen MR) is 84.4 cm³/mol. The van der Waals surface area contributed by atoms with Crippen molar-refractivity contribution in [3.8, 4) is 5.75 Å². The third-order valence-electron chi connectivity index (χ3n) is 3.21. The zero-order valence-corrected chi connectivity index (χ0v) is 13.4. The van der Waals surface area contributed by atoms with E-state index in [1.807, 2.05) is 18.2 Å². The third-order valence-corrected chi connectivity index (χ3v) is 3.21. The second-order valence-corrected chi connectivity index (χ2v) is 6.58. The van der Waals surface area contributed by atoms with Crippen LogP contribution in [0.1, 0.15) is 46.6 Å². The number of ether oxygens (including phenoxy) is 1. The number of nitrogens with one attached hydrogen (secondary N) is 1. The minimum absolute atomic E-state index is 0.0726. The minimum Gasteiger partial charge on any atom is -0.493 e. The first kappa shape index (κ1) is 17.0. The van der Waals surface area contributed by atoms with Crippen LogP contribution in [0.3, 0.4) is 0 Å². The molecule has 0 fully saturated rings. The maximum Gasteiger partial charge on any atom is 0.123 e. The van der Waals surface area contributed by atoms with Gasteiger partial charge in [-0.1, -0.05) is 52.8 Å². The zero-order valence-electron chi connectivity index (χ0n) is 13.4. The lowest BCUT2D eigenvalue weighted by atomic mass is 9.86. The zero-order chi connectivity index (χ0) is 15.2. The quantitative estimate of drug-likeness (QED) is 0.806. The summed E-state index contributed by atoms with van der Waals surface area (Å²) in [5.41, 5.74) is 1.29. The van der Waals surface area contributed by atoms with E-state index >= 15 is 0 Å². The van der Waals surface area contributed by atoms with E-state index in [-0.39, 0.29) is 18.1 Å². The molecule has 0 aliphatic rings. The fourth-order valence-electron chi connectivity index (χ4n) is 2.22. The maximum atomic E-state index is 9.34. The second-order valence-electron chi connectivity index (χ2n) is 6.58. The van der Waals surface area contributed by atoms with Crippen LogP contribution in [-0.2, 0) is 5.41 Å². The Kier molecular flexibility index (Phi) is 6.50. The van der Waals surface area contributed by atoms with Crippen molar-refractivity contribution in [1.29, 1.82) is 0 Å². The minimum atomic E-state index is 0.0726. The highest BCUT2D eigenvalue weighted by molar-refractivity contribution is 5.38. The smallest absolute Gasteiger partial charge is 0.123 e. The van der Waals surface area contributed by atoms with E-state index in [9.17, 15) is 5.11 Å². The van der Waals surface area contributed by atoms with E-state index in [0.717, 1.165) is 12.2 Å². The van der Waals surface area contributed by atoms with Crippen molar-refractivity contribution < 1.29 is 9.84 Å². The van der Waals surface area contributed by atoms with E-state index in [4.69, 9.17) is 4.74 Å². The van der Waals surface area contributed by atoms with Crippen molar-refractivity contribution in [2.24, 2.45) is 0 Å². The van der Waals surface area contributed by atoms with E-state index in [0.29, 0.717) is 12.6 Å². The summed E-state index contributed by atoms with van der Waals surface area (Å²) in [6, 6.07) is 8.64. The van der Waals surface area contributed by atoms with Crippen LogP contribution in [0.5, 0.6) is 5.75 Å². The molecule has 2 N–H and O–H groups in total. The Hall–Kier alpha value is -1.06. The molecule has 1 rings (SSSR count). The van der Waals surface area contributed by atoms with Crippen LogP contribution in [0.2, 0.25) is 0 Å². The molecule has 3 heteroatoms. The van der Waals surface area contributed by atoms with Gasteiger partial charge in [0.05, 0.1) is 13.2 Å².